The second-order valence-electron chi connectivity index (χ2n) is 6.34. The van der Waals surface area contributed by atoms with Gasteiger partial charge in [-0.2, -0.15) is 13.2 Å². The summed E-state index contributed by atoms with van der Waals surface area (Å²) in [5.74, 6) is -3.05. The topological polar surface area (TPSA) is 57.6 Å². The molecule has 2 aromatic carbocycles. The first kappa shape index (κ1) is 18.9. The van der Waals surface area contributed by atoms with Crippen molar-refractivity contribution in [3.63, 3.8) is 0 Å². The number of hydrogen-bond donors (Lipinski definition) is 1. The number of carbonyl (C=O) groups is 2. The highest BCUT2D eigenvalue weighted by Gasteiger charge is 2.33. The van der Waals surface area contributed by atoms with Crippen LogP contribution in [0.4, 0.5) is 17.6 Å². The van der Waals surface area contributed by atoms with Crippen molar-refractivity contribution in [3.05, 3.63) is 59.4 Å². The van der Waals surface area contributed by atoms with Crippen molar-refractivity contribution in [1.29, 1.82) is 0 Å². The van der Waals surface area contributed by atoms with E-state index in [1.807, 2.05) is 0 Å². The van der Waals surface area contributed by atoms with Gasteiger partial charge in [0.1, 0.15) is 5.82 Å². The van der Waals surface area contributed by atoms with E-state index < -0.39 is 35.4 Å². The Hall–Kier alpha value is -2.90. The average Bonchev–Trinajstić information content (AvgIpc) is 3.11. The van der Waals surface area contributed by atoms with Crippen LogP contribution in [-0.4, -0.2) is 35.0 Å². The van der Waals surface area contributed by atoms with Crippen molar-refractivity contribution in [3.8, 4) is 11.1 Å². The number of benzene rings is 2. The fraction of sp³-hybridized carbons (Fsp3) is 0.263. The first-order valence-corrected chi connectivity index (χ1v) is 8.16. The van der Waals surface area contributed by atoms with Gasteiger partial charge in [0.05, 0.1) is 17.0 Å². The van der Waals surface area contributed by atoms with Gasteiger partial charge in [-0.3, -0.25) is 9.59 Å². The summed E-state index contributed by atoms with van der Waals surface area (Å²) in [6.45, 7) is 0.168. The van der Waals surface area contributed by atoms with E-state index in [1.54, 1.807) is 0 Å². The summed E-state index contributed by atoms with van der Waals surface area (Å²) in [5, 5.41) is 9.06. The largest absolute Gasteiger partial charge is 0.481 e. The van der Waals surface area contributed by atoms with Crippen LogP contribution in [-0.2, 0) is 11.0 Å². The summed E-state index contributed by atoms with van der Waals surface area (Å²) in [5.41, 5.74) is -0.691. The van der Waals surface area contributed by atoms with Gasteiger partial charge >= 0.3 is 12.1 Å². The van der Waals surface area contributed by atoms with E-state index in [4.69, 9.17) is 5.11 Å². The maximum Gasteiger partial charge on any atom is 0.416 e. The van der Waals surface area contributed by atoms with Gasteiger partial charge in [0.15, 0.2) is 0 Å². The number of aliphatic carboxylic acids is 1. The molecule has 142 valence electrons. The van der Waals surface area contributed by atoms with Crippen molar-refractivity contribution >= 4 is 11.9 Å². The first-order valence-electron chi connectivity index (χ1n) is 8.16. The number of amides is 1. The molecular weight excluding hydrogens is 366 g/mol. The molecule has 1 N–H and O–H groups in total. The Labute approximate surface area is 152 Å². The third-order valence-corrected chi connectivity index (χ3v) is 4.54. The minimum Gasteiger partial charge on any atom is -0.481 e. The molecule has 0 saturated carbocycles. The molecule has 1 unspecified atom stereocenters. The molecule has 0 radical (unpaired) electrons. The number of carbonyl (C=O) groups excluding carboxylic acids is 1. The van der Waals surface area contributed by atoms with Crippen LogP contribution in [0.15, 0.2) is 42.5 Å². The maximum atomic E-state index is 13.7. The molecule has 3 rings (SSSR count). The van der Waals surface area contributed by atoms with E-state index in [0.29, 0.717) is 0 Å². The van der Waals surface area contributed by atoms with E-state index in [1.165, 1.54) is 23.1 Å². The molecule has 1 aliphatic rings. The molecule has 0 bridgehead atoms. The van der Waals surface area contributed by atoms with Gasteiger partial charge < -0.3 is 10.0 Å². The monoisotopic (exact) mass is 381 g/mol. The van der Waals surface area contributed by atoms with Crippen molar-refractivity contribution in [2.75, 3.05) is 13.1 Å². The molecule has 2 aromatic rings. The highest BCUT2D eigenvalue weighted by molar-refractivity contribution is 6.01. The molecule has 4 nitrogen and oxygen atoms in total. The Kier molecular flexibility index (Phi) is 4.91. The molecule has 1 saturated heterocycles. The fourth-order valence-corrected chi connectivity index (χ4v) is 3.12. The zero-order valence-electron chi connectivity index (χ0n) is 14.0. The number of rotatable bonds is 3. The lowest BCUT2D eigenvalue weighted by molar-refractivity contribution is -0.141. The molecule has 0 spiro atoms. The third kappa shape index (κ3) is 3.94. The molecule has 1 atom stereocenters. The summed E-state index contributed by atoms with van der Waals surface area (Å²) in [6, 6.07) is 7.71. The smallest absolute Gasteiger partial charge is 0.416 e. The summed E-state index contributed by atoms with van der Waals surface area (Å²) in [4.78, 5) is 25.1. The Morgan fingerprint density at radius 2 is 1.85 bits per heavy atom. The van der Waals surface area contributed by atoms with E-state index in [2.05, 4.69) is 0 Å². The summed E-state index contributed by atoms with van der Waals surface area (Å²) in [7, 11) is 0. The van der Waals surface area contributed by atoms with Crippen molar-refractivity contribution < 1.29 is 32.3 Å². The molecule has 1 aliphatic heterocycles. The first-order chi connectivity index (χ1) is 12.7. The van der Waals surface area contributed by atoms with Gasteiger partial charge in [-0.05, 0) is 41.8 Å². The van der Waals surface area contributed by atoms with Crippen LogP contribution in [0.2, 0.25) is 0 Å². The lowest BCUT2D eigenvalue weighted by Crippen LogP contribution is -2.30. The van der Waals surface area contributed by atoms with Gasteiger partial charge in [-0.15, -0.1) is 0 Å². The molecular formula is C19H15F4NO3. The fourth-order valence-electron chi connectivity index (χ4n) is 3.12. The van der Waals surface area contributed by atoms with Gasteiger partial charge in [-0.1, -0.05) is 18.2 Å². The number of likely N-dealkylation sites (tertiary alicyclic amines) is 1. The number of alkyl halides is 3. The second-order valence-corrected chi connectivity index (χ2v) is 6.34. The Morgan fingerprint density at radius 1 is 1.11 bits per heavy atom. The van der Waals surface area contributed by atoms with E-state index in [0.717, 1.165) is 24.3 Å². The Balaban J connectivity index is 2.00. The van der Waals surface area contributed by atoms with E-state index in [9.17, 15) is 27.2 Å². The molecule has 0 aliphatic carbocycles. The van der Waals surface area contributed by atoms with Gasteiger partial charge in [0.2, 0.25) is 0 Å². The molecule has 0 aromatic heterocycles. The van der Waals surface area contributed by atoms with Crippen LogP contribution in [0.5, 0.6) is 0 Å². The lowest BCUT2D eigenvalue weighted by Gasteiger charge is -2.19. The second kappa shape index (κ2) is 7.02. The molecule has 8 heteroatoms. The summed E-state index contributed by atoms with van der Waals surface area (Å²) >= 11 is 0. The number of halogens is 4. The van der Waals surface area contributed by atoms with Crippen molar-refractivity contribution in [2.45, 2.75) is 12.6 Å². The zero-order chi connectivity index (χ0) is 19.8. The Bertz CT molecular complexity index is 895. The maximum absolute atomic E-state index is 13.7. The standard InChI is InChI=1S/C19H15F4NO3/c20-14-4-5-15(11-2-1-3-13(8-11)19(21,22)23)16(9-14)17(25)24-7-6-12(10-24)18(26)27/h1-5,8-9,12H,6-7,10H2,(H,26,27). The zero-order valence-corrected chi connectivity index (χ0v) is 14.0. The van der Waals surface area contributed by atoms with Gasteiger partial charge in [0, 0.05) is 13.1 Å². The van der Waals surface area contributed by atoms with Crippen LogP contribution < -0.4 is 0 Å². The quantitative estimate of drug-likeness (QED) is 0.816. The highest BCUT2D eigenvalue weighted by Crippen LogP contribution is 2.34. The van der Waals surface area contributed by atoms with E-state index in [-0.39, 0.29) is 36.2 Å². The van der Waals surface area contributed by atoms with Crippen LogP contribution in [0.25, 0.3) is 11.1 Å². The van der Waals surface area contributed by atoms with E-state index >= 15 is 0 Å². The van der Waals surface area contributed by atoms with Gasteiger partial charge in [0.25, 0.3) is 5.91 Å². The van der Waals surface area contributed by atoms with Crippen molar-refractivity contribution in [2.24, 2.45) is 5.92 Å². The predicted octanol–water partition coefficient (Wildman–Crippen LogP) is 4.06. The minimum absolute atomic E-state index is 0.0211. The minimum atomic E-state index is -4.55. The Morgan fingerprint density at radius 3 is 2.48 bits per heavy atom. The van der Waals surface area contributed by atoms with Crippen LogP contribution in [0.3, 0.4) is 0 Å². The number of hydrogen-bond acceptors (Lipinski definition) is 2. The van der Waals surface area contributed by atoms with Crippen LogP contribution in [0.1, 0.15) is 22.3 Å². The normalized spacial score (nSPS) is 17.2. The average molecular weight is 381 g/mol. The third-order valence-electron chi connectivity index (χ3n) is 4.54. The van der Waals surface area contributed by atoms with Crippen molar-refractivity contribution in [1.82, 2.24) is 4.90 Å². The van der Waals surface area contributed by atoms with Crippen LogP contribution in [0, 0.1) is 11.7 Å². The number of nitrogens with zero attached hydrogens (tertiary/aromatic N) is 1. The summed E-state index contributed by atoms with van der Waals surface area (Å²) < 4.78 is 52.7. The molecule has 1 heterocycles. The number of carboxylic acid groups (broad SMARTS) is 1. The highest BCUT2D eigenvalue weighted by atomic mass is 19.4. The SMILES string of the molecule is O=C(O)C1CCN(C(=O)c2cc(F)ccc2-c2cccc(C(F)(F)F)c2)C1. The number of carboxylic acids is 1. The van der Waals surface area contributed by atoms with Crippen LogP contribution >= 0.6 is 0 Å². The van der Waals surface area contributed by atoms with Gasteiger partial charge in [-0.25, -0.2) is 4.39 Å². The summed E-state index contributed by atoms with van der Waals surface area (Å²) in [6.07, 6.45) is -4.28. The lowest BCUT2D eigenvalue weighted by atomic mass is 9.97. The predicted molar refractivity (Wildman–Crippen MR) is 88.5 cm³/mol. The molecule has 1 fully saturated rings. The molecule has 27 heavy (non-hydrogen) atoms. The molecule has 1 amide bonds.